The number of carboxylic acid groups (broad SMARTS) is 1. The van der Waals surface area contributed by atoms with E-state index in [4.69, 9.17) is 18.4 Å². The lowest BCUT2D eigenvalue weighted by Crippen LogP contribution is -2.30. The maximum absolute atomic E-state index is 10.9. The number of amides is 2. The number of aliphatic carboxylic acids is 1. The van der Waals surface area contributed by atoms with Crippen LogP contribution < -0.4 is 10.6 Å². The van der Waals surface area contributed by atoms with Gasteiger partial charge in [-0.3, -0.25) is 13.9 Å². The molecule has 0 bridgehead atoms. The largest absolute Gasteiger partial charge is 0.481 e. The van der Waals surface area contributed by atoms with Crippen molar-refractivity contribution in [3.63, 3.8) is 0 Å². The number of nitrogens with one attached hydrogen (secondary N) is 2. The number of hydrogen-bond acceptors (Lipinski definition) is 4. The Bertz CT molecular complexity index is 417. The fourth-order valence-corrected chi connectivity index (χ4v) is 1.78. The fraction of sp³-hybridized carbons (Fsp3) is 0.800. The molecule has 1 rings (SSSR count). The second-order valence-corrected chi connectivity index (χ2v) is 6.65. The average Bonchev–Trinajstić information content (AvgIpc) is 2.54. The van der Waals surface area contributed by atoms with Crippen LogP contribution in [0.25, 0.3) is 0 Å². The van der Waals surface area contributed by atoms with Gasteiger partial charge in [0.2, 0.25) is 0 Å². The Balaban J connectivity index is 0.000000621. The molecule has 0 aromatic rings. The molecule has 1 heterocycles. The first-order chi connectivity index (χ1) is 9.09. The van der Waals surface area contributed by atoms with Crippen molar-refractivity contribution < 1.29 is 28.0 Å². The van der Waals surface area contributed by atoms with Crippen LogP contribution in [0.5, 0.6) is 0 Å². The van der Waals surface area contributed by atoms with Crippen molar-refractivity contribution in [2.24, 2.45) is 0 Å². The number of carboxylic acids is 1. The summed E-state index contributed by atoms with van der Waals surface area (Å²) in [7, 11) is -3.83. The van der Waals surface area contributed by atoms with Gasteiger partial charge in [0.05, 0.1) is 6.04 Å². The van der Waals surface area contributed by atoms with Crippen molar-refractivity contribution in [1.29, 1.82) is 0 Å². The van der Waals surface area contributed by atoms with Crippen molar-refractivity contribution in [2.45, 2.75) is 51.1 Å². The molecule has 0 unspecified atom stereocenters. The number of carbonyl (C=O) groups excluding carboxylic acids is 1. The zero-order valence-electron chi connectivity index (χ0n) is 11.1. The van der Waals surface area contributed by atoms with E-state index < -0.39 is 15.0 Å². The summed E-state index contributed by atoms with van der Waals surface area (Å²) in [6.07, 6.45) is 3.75. The molecule has 0 aliphatic carbocycles. The van der Waals surface area contributed by atoms with Crippen LogP contribution in [0.4, 0.5) is 4.79 Å². The van der Waals surface area contributed by atoms with Gasteiger partial charge in [-0.15, -0.1) is 0 Å². The van der Waals surface area contributed by atoms with E-state index in [-0.39, 0.29) is 24.5 Å². The Kier molecular flexibility index (Phi) is 8.62. The Morgan fingerprint density at radius 2 is 1.85 bits per heavy atom. The fourth-order valence-electron chi connectivity index (χ4n) is 1.78. The summed E-state index contributed by atoms with van der Waals surface area (Å²) in [4.78, 5) is 21.2. The molecular formula is C10H20N2O6S2. The molecular weight excluding hydrogens is 308 g/mol. The van der Waals surface area contributed by atoms with Gasteiger partial charge < -0.3 is 15.7 Å². The van der Waals surface area contributed by atoms with E-state index in [2.05, 4.69) is 21.8 Å². The van der Waals surface area contributed by atoms with Gasteiger partial charge in [0.15, 0.2) is 0 Å². The van der Waals surface area contributed by atoms with Gasteiger partial charge >= 0.3 is 12.0 Å². The minimum absolute atomic E-state index is 0.0990. The monoisotopic (exact) mass is 328 g/mol. The normalized spacial score (nSPS) is 21.4. The van der Waals surface area contributed by atoms with E-state index >= 15 is 0 Å². The van der Waals surface area contributed by atoms with E-state index in [0.29, 0.717) is 0 Å². The molecule has 5 N–H and O–H groups in total. The standard InChI is InChI=1S/C10H18N2O3.H2O3S2/c1-7-8(12-10(15)11-7)5-3-2-4-6-9(13)14;1-5(2,3)4/h7-8H,2-6H2,1H3,(H,13,14)(H2,11,12,15);(H2,1,2,3,4)/t7-,8+;/m0./s1. The summed E-state index contributed by atoms with van der Waals surface area (Å²) in [6.45, 7) is 1.97. The van der Waals surface area contributed by atoms with E-state index in [9.17, 15) is 9.59 Å². The summed E-state index contributed by atoms with van der Waals surface area (Å²) in [5, 5.41) is 14.1. The zero-order chi connectivity index (χ0) is 15.8. The van der Waals surface area contributed by atoms with Crippen LogP contribution in [0.1, 0.15) is 39.0 Å². The highest BCUT2D eigenvalue weighted by molar-refractivity contribution is 8.26. The van der Waals surface area contributed by atoms with E-state index in [1.807, 2.05) is 6.92 Å². The number of hydrogen-bond donors (Lipinski definition) is 5. The quantitative estimate of drug-likeness (QED) is 0.454. The van der Waals surface area contributed by atoms with Gasteiger partial charge in [0, 0.05) is 23.7 Å². The van der Waals surface area contributed by atoms with Crippen LogP contribution in [0.2, 0.25) is 0 Å². The van der Waals surface area contributed by atoms with Gasteiger partial charge in [-0.25, -0.2) is 4.79 Å². The summed E-state index contributed by atoms with van der Waals surface area (Å²) >= 11 is 3.47. The topological polar surface area (TPSA) is 136 Å². The summed E-state index contributed by atoms with van der Waals surface area (Å²) in [5.41, 5.74) is 0. The minimum atomic E-state index is -3.83. The van der Waals surface area contributed by atoms with Crippen molar-refractivity contribution in [2.75, 3.05) is 0 Å². The first kappa shape index (κ1) is 19.0. The average molecular weight is 328 g/mol. The third kappa shape index (κ3) is 12.1. The molecule has 0 spiro atoms. The maximum atomic E-state index is 10.9. The first-order valence-electron chi connectivity index (χ1n) is 6.08. The van der Waals surface area contributed by atoms with Gasteiger partial charge in [-0.05, 0) is 19.8 Å². The van der Waals surface area contributed by atoms with Gasteiger partial charge in [-0.2, -0.15) is 4.21 Å². The predicted octanol–water partition coefficient (Wildman–Crippen LogP) is 0.770. The molecule has 0 aromatic carbocycles. The summed E-state index contributed by atoms with van der Waals surface area (Å²) in [5.74, 6) is -0.737. The molecule has 118 valence electrons. The van der Waals surface area contributed by atoms with E-state index in [1.165, 1.54) is 0 Å². The molecule has 1 aliphatic heterocycles. The molecule has 0 saturated carbocycles. The summed E-state index contributed by atoms with van der Waals surface area (Å²) in [6, 6.07) is 0.275. The number of carbonyl (C=O) groups is 2. The Morgan fingerprint density at radius 1 is 1.30 bits per heavy atom. The minimum Gasteiger partial charge on any atom is -0.481 e. The van der Waals surface area contributed by atoms with Crippen LogP contribution in [0.15, 0.2) is 0 Å². The summed E-state index contributed by atoms with van der Waals surface area (Å²) < 4.78 is 24.0. The van der Waals surface area contributed by atoms with Crippen LogP contribution >= 0.6 is 0 Å². The highest BCUT2D eigenvalue weighted by Gasteiger charge is 2.26. The third-order valence-corrected chi connectivity index (χ3v) is 2.68. The Labute approximate surface area is 122 Å². The maximum Gasteiger partial charge on any atom is 0.315 e. The molecule has 20 heavy (non-hydrogen) atoms. The van der Waals surface area contributed by atoms with E-state index in [1.54, 1.807) is 0 Å². The second-order valence-electron chi connectivity index (χ2n) is 4.45. The van der Waals surface area contributed by atoms with Crippen LogP contribution in [0.3, 0.4) is 0 Å². The Hall–Kier alpha value is -0.970. The van der Waals surface area contributed by atoms with Crippen molar-refractivity contribution in [1.82, 2.24) is 10.6 Å². The zero-order valence-corrected chi connectivity index (χ0v) is 12.7. The molecule has 0 radical (unpaired) electrons. The van der Waals surface area contributed by atoms with Crippen molar-refractivity contribution >= 4 is 32.2 Å². The van der Waals surface area contributed by atoms with Gasteiger partial charge in [-0.1, -0.05) is 12.8 Å². The molecule has 2 amide bonds. The first-order valence-corrected chi connectivity index (χ1v) is 8.48. The predicted molar refractivity (Wildman–Crippen MR) is 76.4 cm³/mol. The molecule has 8 nitrogen and oxygen atoms in total. The van der Waals surface area contributed by atoms with Crippen molar-refractivity contribution in [3.8, 4) is 0 Å². The lowest BCUT2D eigenvalue weighted by molar-refractivity contribution is -0.137. The number of unbranched alkanes of at least 4 members (excludes halogenated alkanes) is 2. The highest BCUT2D eigenvalue weighted by Crippen LogP contribution is 2.11. The van der Waals surface area contributed by atoms with Gasteiger partial charge in [0.1, 0.15) is 0 Å². The molecule has 1 fully saturated rings. The molecule has 1 aliphatic rings. The third-order valence-electron chi connectivity index (χ3n) is 2.68. The second kappa shape index (κ2) is 9.06. The van der Waals surface area contributed by atoms with Gasteiger partial charge in [0.25, 0.3) is 9.05 Å². The van der Waals surface area contributed by atoms with Crippen LogP contribution in [-0.4, -0.2) is 42.5 Å². The molecule has 10 heteroatoms. The highest BCUT2D eigenvalue weighted by atomic mass is 32.9. The number of urea groups is 1. The molecule has 1 saturated heterocycles. The molecule has 0 aromatic heterocycles. The lowest BCUT2D eigenvalue weighted by Gasteiger charge is -2.13. The van der Waals surface area contributed by atoms with Crippen molar-refractivity contribution in [3.05, 3.63) is 0 Å². The SMILES string of the molecule is C[C@@H]1NC(=O)N[C@@H]1CCCCCC(=O)O.O=S(O)(O)=S. The molecule has 2 atom stereocenters. The van der Waals surface area contributed by atoms with Crippen LogP contribution in [-0.2, 0) is 25.0 Å². The van der Waals surface area contributed by atoms with E-state index in [0.717, 1.165) is 25.7 Å². The number of rotatable bonds is 6. The Morgan fingerprint density at radius 3 is 2.25 bits per heavy atom. The van der Waals surface area contributed by atoms with Crippen LogP contribution in [0, 0.1) is 0 Å². The smallest absolute Gasteiger partial charge is 0.315 e. The lowest BCUT2D eigenvalue weighted by atomic mass is 10.0.